The molecule has 0 radical (unpaired) electrons. The molecule has 3 heterocycles. The Morgan fingerprint density at radius 3 is 1.92 bits per heavy atom. The molecule has 0 spiro atoms. The summed E-state index contributed by atoms with van der Waals surface area (Å²) in [7, 11) is -0.471. The number of aromatic nitrogens is 3. The second-order valence-corrected chi connectivity index (χ2v) is 10.6. The van der Waals surface area contributed by atoms with E-state index in [1.54, 1.807) is 0 Å². The van der Waals surface area contributed by atoms with Gasteiger partial charge in [-0.05, 0) is 62.0 Å². The van der Waals surface area contributed by atoms with Crippen LogP contribution in [0, 0.1) is 0 Å². The summed E-state index contributed by atoms with van der Waals surface area (Å²) in [6.07, 6.45) is 3.71. The summed E-state index contributed by atoms with van der Waals surface area (Å²) in [4.78, 5) is 4.77. The molecule has 2 aromatic heterocycles. The summed E-state index contributed by atoms with van der Waals surface area (Å²) < 4.78 is 14.9. The second-order valence-electron chi connectivity index (χ2n) is 10.6. The molecule has 1 saturated heterocycles. The topological polar surface area (TPSA) is 49.2 Å². The molecule has 1 aliphatic heterocycles. The minimum atomic E-state index is -0.779. The maximum atomic E-state index is 6.43. The molecule has 3 aromatic carbocycles. The number of benzene rings is 3. The van der Waals surface area contributed by atoms with Gasteiger partial charge in [-0.3, -0.25) is 0 Å². The highest BCUT2D eigenvalue weighted by atomic mass is 16.7. The van der Waals surface area contributed by atoms with Crippen LogP contribution in [0.4, 0.5) is 0 Å². The molecular weight excluding hydrogens is 457 g/mol. The molecule has 6 heteroatoms. The quantitative estimate of drug-likeness (QED) is 0.240. The zero-order chi connectivity index (χ0) is 25.7. The molecule has 5 nitrogen and oxygen atoms in total. The van der Waals surface area contributed by atoms with E-state index in [0.717, 1.165) is 33.2 Å². The highest BCUT2D eigenvalue weighted by molar-refractivity contribution is 6.62. The lowest BCUT2D eigenvalue weighted by molar-refractivity contribution is 0.00578. The smallest absolute Gasteiger partial charge is 0.399 e. The predicted molar refractivity (Wildman–Crippen MR) is 148 cm³/mol. The van der Waals surface area contributed by atoms with Gasteiger partial charge in [0.15, 0.2) is 5.65 Å². The minimum absolute atomic E-state index is 0.425. The van der Waals surface area contributed by atoms with Crippen molar-refractivity contribution in [3.8, 4) is 0 Å². The molecule has 37 heavy (non-hydrogen) atoms. The van der Waals surface area contributed by atoms with E-state index in [-0.39, 0.29) is 0 Å². The molecular formula is C31H30BN3O2. The van der Waals surface area contributed by atoms with Crippen LogP contribution in [0.15, 0.2) is 109 Å². The van der Waals surface area contributed by atoms with Crippen LogP contribution in [0.3, 0.4) is 0 Å². The Balaban J connectivity index is 1.65. The van der Waals surface area contributed by atoms with Crippen LogP contribution in [0.5, 0.6) is 0 Å². The van der Waals surface area contributed by atoms with E-state index >= 15 is 0 Å². The Labute approximate surface area is 218 Å². The summed E-state index contributed by atoms with van der Waals surface area (Å²) in [6, 6.07) is 33.5. The third kappa shape index (κ3) is 3.71. The third-order valence-electron chi connectivity index (χ3n) is 7.86. The fourth-order valence-corrected chi connectivity index (χ4v) is 5.22. The summed E-state index contributed by atoms with van der Waals surface area (Å²) >= 11 is 0. The van der Waals surface area contributed by atoms with Gasteiger partial charge in [-0.2, -0.15) is 5.10 Å². The van der Waals surface area contributed by atoms with Crippen LogP contribution in [0.25, 0.3) is 11.0 Å². The zero-order valence-corrected chi connectivity index (χ0v) is 21.6. The lowest BCUT2D eigenvalue weighted by atomic mass is 9.72. The summed E-state index contributed by atoms with van der Waals surface area (Å²) in [5.41, 5.74) is 3.38. The normalized spacial score (nSPS) is 16.8. The monoisotopic (exact) mass is 487 g/mol. The molecule has 0 bridgehead atoms. The first-order valence-electron chi connectivity index (χ1n) is 12.7. The first-order chi connectivity index (χ1) is 17.8. The molecule has 0 N–H and O–H groups in total. The van der Waals surface area contributed by atoms with Gasteiger partial charge in [-0.1, -0.05) is 84.9 Å². The van der Waals surface area contributed by atoms with Crippen LogP contribution in [0.2, 0.25) is 0 Å². The molecule has 5 aromatic rings. The van der Waals surface area contributed by atoms with Gasteiger partial charge in [-0.25, -0.2) is 9.67 Å². The Morgan fingerprint density at radius 1 is 0.703 bits per heavy atom. The van der Waals surface area contributed by atoms with Gasteiger partial charge in [-0.15, -0.1) is 0 Å². The van der Waals surface area contributed by atoms with E-state index in [2.05, 4.69) is 105 Å². The summed E-state index contributed by atoms with van der Waals surface area (Å²) in [5.74, 6) is 0. The van der Waals surface area contributed by atoms with Crippen molar-refractivity contribution in [3.05, 3.63) is 126 Å². The van der Waals surface area contributed by atoms with Crippen LogP contribution in [-0.2, 0) is 14.8 Å². The molecule has 1 aliphatic rings. The Bertz CT molecular complexity index is 1490. The van der Waals surface area contributed by atoms with Crippen molar-refractivity contribution >= 4 is 23.6 Å². The number of hydrogen-bond donors (Lipinski definition) is 0. The number of hydrogen-bond acceptors (Lipinski definition) is 4. The van der Waals surface area contributed by atoms with Gasteiger partial charge in [0.1, 0.15) is 5.54 Å². The van der Waals surface area contributed by atoms with E-state index < -0.39 is 23.9 Å². The molecule has 6 rings (SSSR count). The van der Waals surface area contributed by atoms with Gasteiger partial charge in [0, 0.05) is 11.6 Å². The molecule has 0 atom stereocenters. The van der Waals surface area contributed by atoms with Crippen molar-refractivity contribution in [2.45, 2.75) is 44.4 Å². The fourth-order valence-electron chi connectivity index (χ4n) is 5.22. The van der Waals surface area contributed by atoms with Crippen molar-refractivity contribution < 1.29 is 9.31 Å². The molecule has 184 valence electrons. The second kappa shape index (κ2) is 8.68. The molecule has 0 amide bonds. The average molecular weight is 487 g/mol. The first kappa shape index (κ1) is 23.7. The lowest BCUT2D eigenvalue weighted by Crippen LogP contribution is -2.41. The van der Waals surface area contributed by atoms with E-state index in [0.29, 0.717) is 0 Å². The van der Waals surface area contributed by atoms with Crippen molar-refractivity contribution in [1.82, 2.24) is 14.8 Å². The highest BCUT2D eigenvalue weighted by Gasteiger charge is 2.52. The standard InChI is InChI=1S/C31H30BN3O2/c1-29(2)30(3,4)37-32(36-29)27-19-11-18-26(21-27)31(24-14-7-5-8-15-24,25-16-9-6-10-17-25)35-28-23(22-34-35)13-12-20-33-28/h5-22H,1-4H3. The van der Waals surface area contributed by atoms with Gasteiger partial charge >= 0.3 is 7.12 Å². The molecule has 0 aliphatic carbocycles. The van der Waals surface area contributed by atoms with Crippen LogP contribution >= 0.6 is 0 Å². The number of rotatable bonds is 5. The zero-order valence-electron chi connectivity index (χ0n) is 21.6. The summed E-state index contributed by atoms with van der Waals surface area (Å²) in [5, 5.41) is 5.95. The Hall–Kier alpha value is -3.74. The lowest BCUT2D eigenvalue weighted by Gasteiger charge is -2.36. The SMILES string of the molecule is CC1(C)OB(c2cccc(C(c3ccccc3)(c3ccccc3)n3ncc4cccnc43)c2)OC1(C)C. The molecule has 0 saturated carbocycles. The van der Waals surface area contributed by atoms with Gasteiger partial charge < -0.3 is 9.31 Å². The minimum Gasteiger partial charge on any atom is -0.399 e. The van der Waals surface area contributed by atoms with E-state index in [1.807, 2.05) is 36.7 Å². The van der Waals surface area contributed by atoms with Gasteiger partial charge in [0.25, 0.3) is 0 Å². The van der Waals surface area contributed by atoms with Crippen molar-refractivity contribution in [2.24, 2.45) is 0 Å². The van der Waals surface area contributed by atoms with Crippen molar-refractivity contribution in [1.29, 1.82) is 0 Å². The van der Waals surface area contributed by atoms with Crippen molar-refractivity contribution in [2.75, 3.05) is 0 Å². The largest absolute Gasteiger partial charge is 0.494 e. The van der Waals surface area contributed by atoms with Crippen molar-refractivity contribution in [3.63, 3.8) is 0 Å². The number of nitrogens with zero attached hydrogens (tertiary/aromatic N) is 3. The number of fused-ring (bicyclic) bond motifs is 1. The first-order valence-corrected chi connectivity index (χ1v) is 12.7. The highest BCUT2D eigenvalue weighted by Crippen LogP contribution is 2.42. The molecule has 1 fully saturated rings. The van der Waals surface area contributed by atoms with E-state index in [9.17, 15) is 0 Å². The fraction of sp³-hybridized carbons (Fsp3) is 0.226. The van der Waals surface area contributed by atoms with Gasteiger partial charge in [0.05, 0.1) is 17.4 Å². The number of pyridine rings is 1. The Morgan fingerprint density at radius 2 is 1.30 bits per heavy atom. The van der Waals surface area contributed by atoms with Crippen LogP contribution in [0.1, 0.15) is 44.4 Å². The van der Waals surface area contributed by atoms with E-state index in [1.165, 1.54) is 0 Å². The van der Waals surface area contributed by atoms with E-state index in [4.69, 9.17) is 19.4 Å². The third-order valence-corrected chi connectivity index (χ3v) is 7.86. The summed E-state index contributed by atoms with van der Waals surface area (Å²) in [6.45, 7) is 8.32. The maximum Gasteiger partial charge on any atom is 0.494 e. The average Bonchev–Trinajstić information content (AvgIpc) is 3.44. The van der Waals surface area contributed by atoms with Gasteiger partial charge in [0.2, 0.25) is 0 Å². The van der Waals surface area contributed by atoms with Crippen LogP contribution in [-0.4, -0.2) is 33.1 Å². The molecule has 0 unspecified atom stereocenters. The maximum absolute atomic E-state index is 6.43. The predicted octanol–water partition coefficient (Wildman–Crippen LogP) is 5.57. The van der Waals surface area contributed by atoms with Crippen LogP contribution < -0.4 is 5.46 Å². The Kier molecular flexibility index (Phi) is 5.55.